The second-order valence-electron chi connectivity index (χ2n) is 7.04. The van der Waals surface area contributed by atoms with E-state index in [-0.39, 0.29) is 0 Å². The van der Waals surface area contributed by atoms with Crippen molar-refractivity contribution in [2.75, 3.05) is 19.6 Å². The molecule has 1 saturated heterocycles. The minimum Gasteiger partial charge on any atom is -0.312 e. The van der Waals surface area contributed by atoms with E-state index in [1.807, 2.05) is 11.3 Å². The molecule has 1 aliphatic rings. The van der Waals surface area contributed by atoms with Crippen molar-refractivity contribution in [3.63, 3.8) is 0 Å². The molecule has 0 amide bonds. The van der Waals surface area contributed by atoms with Crippen molar-refractivity contribution < 1.29 is 0 Å². The van der Waals surface area contributed by atoms with Gasteiger partial charge in [-0.15, -0.1) is 11.3 Å². The predicted molar refractivity (Wildman–Crippen MR) is 90.8 cm³/mol. The molecule has 21 heavy (non-hydrogen) atoms. The number of rotatable bonds is 2. The van der Waals surface area contributed by atoms with Crippen molar-refractivity contribution in [1.29, 1.82) is 0 Å². The molecule has 0 bridgehead atoms. The van der Waals surface area contributed by atoms with Gasteiger partial charge in [0, 0.05) is 12.6 Å². The lowest BCUT2D eigenvalue weighted by Gasteiger charge is -2.33. The minimum atomic E-state index is 0.302. The standard InChI is InChI=1S/C17H25N3S/c1-17(2,3)15-11-20(10-6-9-18-15)12-16-19-13-7-4-5-8-14(13)21-16/h4-5,7-8,15,18H,6,9-12H2,1-3H3. The molecule has 1 aromatic carbocycles. The highest BCUT2D eigenvalue weighted by atomic mass is 32.1. The Bertz CT molecular complexity index is 566. The van der Waals surface area contributed by atoms with E-state index in [0.29, 0.717) is 11.5 Å². The summed E-state index contributed by atoms with van der Waals surface area (Å²) in [5.74, 6) is 0. The summed E-state index contributed by atoms with van der Waals surface area (Å²) in [5.41, 5.74) is 1.44. The number of fused-ring (bicyclic) bond motifs is 1. The van der Waals surface area contributed by atoms with Gasteiger partial charge in [0.2, 0.25) is 0 Å². The van der Waals surface area contributed by atoms with Crippen LogP contribution in [-0.2, 0) is 6.54 Å². The molecule has 1 aliphatic heterocycles. The molecule has 0 saturated carbocycles. The Morgan fingerprint density at radius 1 is 1.33 bits per heavy atom. The smallest absolute Gasteiger partial charge is 0.108 e. The summed E-state index contributed by atoms with van der Waals surface area (Å²) in [4.78, 5) is 7.34. The molecule has 2 aromatic rings. The summed E-state index contributed by atoms with van der Waals surface area (Å²) in [6.45, 7) is 11.4. The van der Waals surface area contributed by atoms with Crippen LogP contribution in [-0.4, -0.2) is 35.6 Å². The summed E-state index contributed by atoms with van der Waals surface area (Å²) in [6, 6.07) is 8.98. The second kappa shape index (κ2) is 6.03. The van der Waals surface area contributed by atoms with Crippen LogP contribution in [0.3, 0.4) is 0 Å². The summed E-state index contributed by atoms with van der Waals surface area (Å²) < 4.78 is 1.30. The first-order valence-electron chi connectivity index (χ1n) is 7.82. The van der Waals surface area contributed by atoms with Crippen molar-refractivity contribution >= 4 is 21.6 Å². The third-order valence-electron chi connectivity index (χ3n) is 4.23. The third-order valence-corrected chi connectivity index (χ3v) is 5.25. The number of hydrogen-bond donors (Lipinski definition) is 1. The first kappa shape index (κ1) is 14.9. The molecule has 1 N–H and O–H groups in total. The predicted octanol–water partition coefficient (Wildman–Crippen LogP) is 3.51. The molecule has 0 aliphatic carbocycles. The number of aromatic nitrogens is 1. The van der Waals surface area contributed by atoms with Gasteiger partial charge in [-0.1, -0.05) is 32.9 Å². The van der Waals surface area contributed by atoms with Crippen molar-refractivity contribution in [2.24, 2.45) is 5.41 Å². The molecule has 2 heterocycles. The lowest BCUT2D eigenvalue weighted by atomic mass is 9.86. The molecule has 0 spiro atoms. The quantitative estimate of drug-likeness (QED) is 0.920. The lowest BCUT2D eigenvalue weighted by molar-refractivity contribution is 0.192. The first-order valence-corrected chi connectivity index (χ1v) is 8.64. The van der Waals surface area contributed by atoms with Crippen molar-refractivity contribution in [2.45, 2.75) is 39.8 Å². The molecule has 1 atom stereocenters. The van der Waals surface area contributed by atoms with Gasteiger partial charge in [-0.2, -0.15) is 0 Å². The molecule has 3 nitrogen and oxygen atoms in total. The van der Waals surface area contributed by atoms with E-state index in [1.165, 1.54) is 16.1 Å². The fraction of sp³-hybridized carbons (Fsp3) is 0.588. The zero-order valence-electron chi connectivity index (χ0n) is 13.2. The monoisotopic (exact) mass is 303 g/mol. The minimum absolute atomic E-state index is 0.302. The molecule has 114 valence electrons. The van der Waals surface area contributed by atoms with Gasteiger partial charge >= 0.3 is 0 Å². The van der Waals surface area contributed by atoms with E-state index in [0.717, 1.165) is 31.7 Å². The maximum absolute atomic E-state index is 4.78. The molecule has 0 radical (unpaired) electrons. The van der Waals surface area contributed by atoms with Crippen LogP contribution >= 0.6 is 11.3 Å². The molecule has 1 aromatic heterocycles. The van der Waals surface area contributed by atoms with Crippen LogP contribution < -0.4 is 5.32 Å². The number of nitrogens with one attached hydrogen (secondary N) is 1. The Morgan fingerprint density at radius 3 is 2.90 bits per heavy atom. The molecular formula is C17H25N3S. The Kier molecular flexibility index (Phi) is 4.29. The van der Waals surface area contributed by atoms with Gasteiger partial charge in [0.15, 0.2) is 0 Å². The Labute approximate surface area is 131 Å². The van der Waals surface area contributed by atoms with Gasteiger partial charge in [0.25, 0.3) is 0 Å². The van der Waals surface area contributed by atoms with Crippen molar-refractivity contribution in [3.8, 4) is 0 Å². The van der Waals surface area contributed by atoms with Gasteiger partial charge in [-0.25, -0.2) is 4.98 Å². The summed E-state index contributed by atoms with van der Waals surface area (Å²) in [5, 5.41) is 4.95. The summed E-state index contributed by atoms with van der Waals surface area (Å²) in [6.07, 6.45) is 1.22. The number of thiazole rings is 1. The lowest BCUT2D eigenvalue weighted by Crippen LogP contribution is -2.46. The van der Waals surface area contributed by atoms with Gasteiger partial charge in [0.1, 0.15) is 5.01 Å². The fourth-order valence-corrected chi connectivity index (χ4v) is 3.91. The van der Waals surface area contributed by atoms with E-state index < -0.39 is 0 Å². The summed E-state index contributed by atoms with van der Waals surface area (Å²) in [7, 11) is 0. The first-order chi connectivity index (χ1) is 10.0. The molecule has 1 unspecified atom stereocenters. The van der Waals surface area contributed by atoms with Crippen LogP contribution in [0.1, 0.15) is 32.2 Å². The Morgan fingerprint density at radius 2 is 2.14 bits per heavy atom. The third kappa shape index (κ3) is 3.62. The maximum Gasteiger partial charge on any atom is 0.108 e. The van der Waals surface area contributed by atoms with E-state index in [9.17, 15) is 0 Å². The Balaban J connectivity index is 1.73. The summed E-state index contributed by atoms with van der Waals surface area (Å²) >= 11 is 1.83. The van der Waals surface area contributed by atoms with Crippen molar-refractivity contribution in [3.05, 3.63) is 29.3 Å². The number of para-hydroxylation sites is 1. The second-order valence-corrected chi connectivity index (χ2v) is 8.15. The number of nitrogens with zero attached hydrogens (tertiary/aromatic N) is 2. The highest BCUT2D eigenvalue weighted by molar-refractivity contribution is 7.18. The van der Waals surface area contributed by atoms with Crippen molar-refractivity contribution in [1.82, 2.24) is 15.2 Å². The number of hydrogen-bond acceptors (Lipinski definition) is 4. The van der Waals surface area contributed by atoms with E-state index in [4.69, 9.17) is 4.98 Å². The van der Waals surface area contributed by atoms with Crippen LogP contribution in [0.15, 0.2) is 24.3 Å². The van der Waals surface area contributed by atoms with Gasteiger partial charge in [0.05, 0.1) is 16.8 Å². The van der Waals surface area contributed by atoms with E-state index in [2.05, 4.69) is 55.3 Å². The largest absolute Gasteiger partial charge is 0.312 e. The van der Waals surface area contributed by atoms with Crippen LogP contribution in [0.25, 0.3) is 10.2 Å². The maximum atomic E-state index is 4.78. The zero-order chi connectivity index (χ0) is 14.9. The van der Waals surface area contributed by atoms with Crippen LogP contribution in [0, 0.1) is 5.41 Å². The SMILES string of the molecule is CC(C)(C)C1CN(Cc2nc3ccccc3s2)CCCN1. The topological polar surface area (TPSA) is 28.2 Å². The highest BCUT2D eigenvalue weighted by Gasteiger charge is 2.28. The van der Waals surface area contributed by atoms with Crippen LogP contribution in [0.5, 0.6) is 0 Å². The molecule has 3 rings (SSSR count). The molecular weight excluding hydrogens is 278 g/mol. The van der Waals surface area contributed by atoms with Crippen LogP contribution in [0.2, 0.25) is 0 Å². The highest BCUT2D eigenvalue weighted by Crippen LogP contribution is 2.25. The van der Waals surface area contributed by atoms with E-state index >= 15 is 0 Å². The average Bonchev–Trinajstić information content (AvgIpc) is 2.66. The van der Waals surface area contributed by atoms with Gasteiger partial charge < -0.3 is 5.32 Å². The number of benzene rings is 1. The van der Waals surface area contributed by atoms with Gasteiger partial charge in [-0.05, 0) is 37.1 Å². The van der Waals surface area contributed by atoms with E-state index in [1.54, 1.807) is 0 Å². The van der Waals surface area contributed by atoms with Gasteiger partial charge in [-0.3, -0.25) is 4.90 Å². The zero-order valence-corrected chi connectivity index (χ0v) is 14.0. The molecule has 1 fully saturated rings. The average molecular weight is 303 g/mol. The Hall–Kier alpha value is -0.970. The molecule has 4 heteroatoms. The van der Waals surface area contributed by atoms with Crippen LogP contribution in [0.4, 0.5) is 0 Å². The normalized spacial score (nSPS) is 21.6. The fourth-order valence-electron chi connectivity index (χ4n) is 2.90.